The largest absolute Gasteiger partial charge is 1.00 e. The number of rotatable bonds is 1. The van der Waals surface area contributed by atoms with Crippen molar-refractivity contribution in [1.82, 2.24) is 4.57 Å². The van der Waals surface area contributed by atoms with E-state index < -0.39 is 0 Å². The van der Waals surface area contributed by atoms with Crippen LogP contribution in [0.25, 0.3) is 27.6 Å². The summed E-state index contributed by atoms with van der Waals surface area (Å²) in [4.78, 5) is 0. The minimum atomic E-state index is 0. The summed E-state index contributed by atoms with van der Waals surface area (Å²) in [5, 5.41) is 14.5. The second-order valence-electron chi connectivity index (χ2n) is 5.99. The van der Waals surface area contributed by atoms with Crippen molar-refractivity contribution >= 4 is 21.8 Å². The van der Waals surface area contributed by atoms with Crippen LogP contribution in [-0.2, 0) is 7.05 Å². The Labute approximate surface area is 153 Å². The van der Waals surface area contributed by atoms with Crippen molar-refractivity contribution in [3.8, 4) is 11.6 Å². The summed E-state index contributed by atoms with van der Waals surface area (Å²) in [6, 6.07) is 16.9. The molecule has 4 aromatic rings. The maximum Gasteiger partial charge on any atom is 1.00 e. The molecule has 2 aromatic carbocycles. The Morgan fingerprint density at radius 1 is 1.04 bits per heavy atom. The maximum absolute atomic E-state index is 12.2. The number of fused-ring (bicyclic) bond motifs is 3. The number of para-hydroxylation sites is 1. The van der Waals surface area contributed by atoms with Gasteiger partial charge in [-0.2, -0.15) is 6.07 Å². The van der Waals surface area contributed by atoms with Gasteiger partial charge in [0.1, 0.15) is 11.0 Å². The van der Waals surface area contributed by atoms with E-state index in [0.29, 0.717) is 0 Å². The molecule has 5 heteroatoms. The fraction of sp³-hybridized carbons (Fsp3) is 0.150. The van der Waals surface area contributed by atoms with E-state index in [1.165, 1.54) is 10.9 Å². The van der Waals surface area contributed by atoms with Gasteiger partial charge >= 0.3 is 18.9 Å². The molecule has 0 aliphatic heterocycles. The zero-order valence-electron chi connectivity index (χ0n) is 14.8. The van der Waals surface area contributed by atoms with Crippen molar-refractivity contribution in [3.63, 3.8) is 0 Å². The molecule has 0 atom stereocenters. The van der Waals surface area contributed by atoms with Gasteiger partial charge in [0.15, 0.2) is 5.82 Å². The summed E-state index contributed by atoms with van der Waals surface area (Å²) in [6.07, 6.45) is 1.97. The van der Waals surface area contributed by atoms with E-state index in [0.717, 1.165) is 27.8 Å². The average Bonchev–Trinajstić information content (AvgIpc) is 2.88. The van der Waals surface area contributed by atoms with Gasteiger partial charge in [0.2, 0.25) is 0 Å². The standard InChI is InChI=1S/C20H18N2O.Bk.Li/c1-13-7-6-8-15-16-10-11-17(23)14(2)20(16)22(19(13)15)18-9-4-5-12-21(18)3;;/h5-12,23H,1-3H3;;/q;;+1/p-1. The first-order valence-corrected chi connectivity index (χ1v) is 7.66. The van der Waals surface area contributed by atoms with E-state index in [1.807, 2.05) is 38.4 Å². The molecule has 0 spiro atoms. The fourth-order valence-electron chi connectivity index (χ4n) is 3.38. The maximum atomic E-state index is 12.2. The van der Waals surface area contributed by atoms with Crippen molar-refractivity contribution in [1.29, 1.82) is 0 Å². The van der Waals surface area contributed by atoms with E-state index in [-0.39, 0.29) is 24.6 Å². The predicted molar refractivity (Wildman–Crippen MR) is 89.7 cm³/mol. The molecule has 123 valence electrons. The van der Waals surface area contributed by atoms with Gasteiger partial charge in [0.05, 0.1) is 7.05 Å². The first kappa shape index (κ1) is 18.1. The average molecular weight is 555 g/mol. The van der Waals surface area contributed by atoms with E-state index in [9.17, 15) is 5.11 Å². The van der Waals surface area contributed by atoms with E-state index in [4.69, 9.17) is 0 Å². The Kier molecular flexibility index (Phi) is 4.61. The number of pyridine rings is 1. The molecule has 0 amide bonds. The minimum Gasteiger partial charge on any atom is -0.872 e. The van der Waals surface area contributed by atoms with Gasteiger partial charge in [-0.1, -0.05) is 30.3 Å². The second-order valence-corrected chi connectivity index (χ2v) is 5.99. The molecule has 0 fully saturated rings. The van der Waals surface area contributed by atoms with Crippen molar-refractivity contribution < 1.29 is 28.5 Å². The topological polar surface area (TPSA) is 31.9 Å². The summed E-state index contributed by atoms with van der Waals surface area (Å²) in [5.74, 6) is 1.07. The first-order valence-electron chi connectivity index (χ1n) is 7.66. The van der Waals surface area contributed by atoms with Crippen LogP contribution in [0.2, 0.25) is 0 Å². The van der Waals surface area contributed by atoms with Gasteiger partial charge in [0.25, 0.3) is 0 Å². The summed E-state index contributed by atoms with van der Waals surface area (Å²) < 4.78 is 4.24. The molecule has 0 aliphatic rings. The third kappa shape index (κ3) is 2.44. The normalized spacial score (nSPS) is 10.5. The molecule has 25 heavy (non-hydrogen) atoms. The van der Waals surface area contributed by atoms with Crippen LogP contribution in [0.3, 0.4) is 0 Å². The van der Waals surface area contributed by atoms with Crippen LogP contribution in [0.15, 0.2) is 48.7 Å². The van der Waals surface area contributed by atoms with Gasteiger partial charge in [0, 0.05) is 10.8 Å². The van der Waals surface area contributed by atoms with Crippen LogP contribution in [0.5, 0.6) is 5.75 Å². The number of aryl methyl sites for hydroxylation is 3. The molecule has 0 N–H and O–H groups in total. The van der Waals surface area contributed by atoms with Crippen LogP contribution in [-0.4, -0.2) is 4.57 Å². The SMILES string of the molecule is Cc1cccc2c3ccc([O-])c(C)c3n(-c3c[c-]cc[n+]3C)c12.[Bk].[Li+]. The van der Waals surface area contributed by atoms with Gasteiger partial charge in [-0.25, -0.2) is 4.57 Å². The molecular weight excluding hydrogens is 538 g/mol. The monoisotopic (exact) mass is 555 g/mol. The molecule has 0 saturated carbocycles. The first-order chi connectivity index (χ1) is 11.1. The van der Waals surface area contributed by atoms with Crippen LogP contribution in [0, 0.1) is 19.9 Å². The molecule has 2 heterocycles. The van der Waals surface area contributed by atoms with Crippen molar-refractivity contribution in [2.24, 2.45) is 7.05 Å². The zero-order valence-corrected chi connectivity index (χ0v) is 17.5. The summed E-state index contributed by atoms with van der Waals surface area (Å²) in [6.45, 7) is 4.01. The van der Waals surface area contributed by atoms with Gasteiger partial charge in [-0.05, 0) is 37.2 Å². The quantitative estimate of drug-likeness (QED) is 0.187. The number of nitrogens with zero attached hydrogens (tertiary/aromatic N) is 2. The van der Waals surface area contributed by atoms with Crippen LogP contribution < -0.4 is 28.5 Å². The Balaban J connectivity index is 0.00000113. The summed E-state index contributed by atoms with van der Waals surface area (Å²) in [5.41, 5.74) is 4.10. The minimum absolute atomic E-state index is 0. The van der Waals surface area contributed by atoms with Crippen molar-refractivity contribution in [2.45, 2.75) is 13.8 Å². The third-order valence-corrected chi connectivity index (χ3v) is 4.55. The molecule has 2 aromatic heterocycles. The molecular formula is C20H17BkLiN2O. The molecule has 0 saturated heterocycles. The summed E-state index contributed by atoms with van der Waals surface area (Å²) in [7, 11) is 2.01. The number of hydrogen-bond donors (Lipinski definition) is 0. The Morgan fingerprint density at radius 2 is 1.76 bits per heavy atom. The fourth-order valence-corrected chi connectivity index (χ4v) is 3.38. The van der Waals surface area contributed by atoms with E-state index in [1.54, 1.807) is 6.07 Å². The van der Waals surface area contributed by atoms with Crippen LogP contribution >= 0.6 is 0 Å². The molecule has 0 unspecified atom stereocenters. The van der Waals surface area contributed by atoms with Gasteiger partial charge in [-0.15, -0.1) is 11.8 Å². The van der Waals surface area contributed by atoms with Crippen molar-refractivity contribution in [3.05, 3.63) is 65.9 Å². The molecule has 3 nitrogen and oxygen atoms in total. The van der Waals surface area contributed by atoms with E-state index in [2.05, 4.69) is 40.3 Å². The summed E-state index contributed by atoms with van der Waals surface area (Å²) >= 11 is 0. The Bertz CT molecular complexity index is 1070. The molecule has 1 radical (unpaired) electrons. The van der Waals surface area contributed by atoms with Crippen LogP contribution in [0.1, 0.15) is 11.1 Å². The van der Waals surface area contributed by atoms with Gasteiger partial charge in [-0.3, -0.25) is 0 Å². The number of benzene rings is 2. The van der Waals surface area contributed by atoms with Gasteiger partial charge < -0.3 is 9.67 Å². The molecule has 4 rings (SSSR count). The second kappa shape index (κ2) is 6.36. The predicted octanol–water partition coefficient (Wildman–Crippen LogP) is 0.103. The van der Waals surface area contributed by atoms with Crippen molar-refractivity contribution in [2.75, 3.05) is 0 Å². The Morgan fingerprint density at radius 3 is 2.48 bits per heavy atom. The molecule has 0 aliphatic carbocycles. The molecule has 0 bridgehead atoms. The van der Waals surface area contributed by atoms with Crippen LogP contribution in [0.4, 0.5) is 0 Å². The number of aromatic nitrogens is 2. The smallest absolute Gasteiger partial charge is 0.872 e. The third-order valence-electron chi connectivity index (χ3n) is 4.55. The Hall–Kier alpha value is -3.21. The zero-order chi connectivity index (χ0) is 16.1. The van der Waals surface area contributed by atoms with E-state index >= 15 is 0 Å². The number of hydrogen-bond acceptors (Lipinski definition) is 1.